The number of carbonyl (C=O) groups is 2. The van der Waals surface area contributed by atoms with E-state index in [0.717, 1.165) is 4.47 Å². The molecule has 0 aromatic carbocycles. The molecule has 0 saturated carbocycles. The Hall–Kier alpha value is -2.16. The molecule has 0 fully saturated rings. The largest absolute Gasteiger partial charge is 0.481 e. The van der Waals surface area contributed by atoms with Crippen molar-refractivity contribution in [3.05, 3.63) is 22.8 Å². The second-order valence-corrected chi connectivity index (χ2v) is 6.37. The fourth-order valence-electron chi connectivity index (χ4n) is 1.87. The zero-order valence-corrected chi connectivity index (χ0v) is 13.7. The Morgan fingerprint density at radius 2 is 2.09 bits per heavy atom. The van der Waals surface area contributed by atoms with E-state index in [4.69, 9.17) is 5.11 Å². The molecule has 2 heterocycles. The number of aliphatic carboxylic acids is 1. The van der Waals surface area contributed by atoms with Crippen LogP contribution in [0.5, 0.6) is 0 Å². The molecule has 0 atom stereocenters. The first-order valence-electron chi connectivity index (χ1n) is 6.58. The number of anilines is 1. The second kappa shape index (κ2) is 6.30. The third-order valence-corrected chi connectivity index (χ3v) is 3.48. The lowest BCUT2D eigenvalue weighted by Crippen LogP contribution is -2.46. The van der Waals surface area contributed by atoms with E-state index in [2.05, 4.69) is 36.8 Å². The summed E-state index contributed by atoms with van der Waals surface area (Å²) < 4.78 is 2.46. The van der Waals surface area contributed by atoms with Crippen LogP contribution in [0, 0.1) is 0 Å². The third-order valence-electron chi connectivity index (χ3n) is 3.01. The smallest absolute Gasteiger partial charge is 0.322 e. The van der Waals surface area contributed by atoms with E-state index >= 15 is 0 Å². The summed E-state index contributed by atoms with van der Waals surface area (Å²) in [4.78, 5) is 22.6. The van der Waals surface area contributed by atoms with Crippen molar-refractivity contribution in [2.45, 2.75) is 32.2 Å². The van der Waals surface area contributed by atoms with E-state index in [9.17, 15) is 9.59 Å². The molecule has 9 heteroatoms. The van der Waals surface area contributed by atoms with Gasteiger partial charge in [0, 0.05) is 22.6 Å². The summed E-state index contributed by atoms with van der Waals surface area (Å²) in [5, 5.41) is 21.9. The number of carbonyl (C=O) groups excluding carboxylic acids is 1. The van der Waals surface area contributed by atoms with Crippen molar-refractivity contribution < 1.29 is 14.7 Å². The maximum Gasteiger partial charge on any atom is 0.322 e. The monoisotopic (exact) mass is 369 g/mol. The van der Waals surface area contributed by atoms with Gasteiger partial charge in [-0.1, -0.05) is 0 Å². The lowest BCUT2D eigenvalue weighted by molar-refractivity contribution is -0.137. The van der Waals surface area contributed by atoms with Gasteiger partial charge in [-0.3, -0.25) is 14.5 Å². The Morgan fingerprint density at radius 1 is 1.36 bits per heavy atom. The Balaban J connectivity index is 2.04. The molecular formula is C13H16BrN5O3. The number of nitrogens with one attached hydrogen (secondary N) is 2. The average Bonchev–Trinajstić information content (AvgIpc) is 2.78. The number of hydrogen-bond donors (Lipinski definition) is 3. The zero-order valence-electron chi connectivity index (χ0n) is 12.1. The number of pyridine rings is 1. The number of aromatic nitrogens is 3. The zero-order chi connectivity index (χ0) is 16.3. The van der Waals surface area contributed by atoms with E-state index in [-0.39, 0.29) is 12.4 Å². The van der Waals surface area contributed by atoms with Crippen molar-refractivity contribution in [1.82, 2.24) is 19.9 Å². The summed E-state index contributed by atoms with van der Waals surface area (Å²) in [6.07, 6.45) is 2.04. The number of carboxylic acids is 1. The van der Waals surface area contributed by atoms with Crippen molar-refractivity contribution in [2.24, 2.45) is 0 Å². The molecule has 0 aliphatic rings. The first kappa shape index (κ1) is 16.2. The minimum absolute atomic E-state index is 0.0198. The Kier molecular flexibility index (Phi) is 4.65. The number of nitrogens with zero attached hydrogens (tertiary/aromatic N) is 3. The van der Waals surface area contributed by atoms with Gasteiger partial charge in [0.2, 0.25) is 5.95 Å². The highest BCUT2D eigenvalue weighted by Gasteiger charge is 2.22. The van der Waals surface area contributed by atoms with Gasteiger partial charge in [-0.15, -0.1) is 10.2 Å². The number of halogens is 1. The fraction of sp³-hybridized carbons (Fsp3) is 0.385. The van der Waals surface area contributed by atoms with Gasteiger partial charge in [-0.2, -0.15) is 0 Å². The maximum absolute atomic E-state index is 12.0. The molecule has 118 valence electrons. The molecule has 2 aromatic rings. The van der Waals surface area contributed by atoms with Gasteiger partial charge in [0.05, 0.1) is 0 Å². The molecule has 2 rings (SSSR count). The highest BCUT2D eigenvalue weighted by atomic mass is 79.9. The molecule has 2 aromatic heterocycles. The summed E-state index contributed by atoms with van der Waals surface area (Å²) in [5.74, 6) is -0.619. The van der Waals surface area contributed by atoms with Gasteiger partial charge in [-0.05, 0) is 48.3 Å². The Bertz CT molecular complexity index is 713. The molecule has 0 spiro atoms. The first-order valence-corrected chi connectivity index (χ1v) is 7.37. The number of urea groups is 1. The Morgan fingerprint density at radius 3 is 2.77 bits per heavy atom. The van der Waals surface area contributed by atoms with E-state index in [1.54, 1.807) is 30.5 Å². The number of fused-ring (bicyclic) bond motifs is 1. The molecule has 0 radical (unpaired) electrons. The van der Waals surface area contributed by atoms with E-state index < -0.39 is 17.5 Å². The van der Waals surface area contributed by atoms with Gasteiger partial charge in [0.1, 0.15) is 0 Å². The SMILES string of the molecule is CC(C)(CCC(=O)O)NC(=O)Nc1nnc2ccc(Br)cn12. The van der Waals surface area contributed by atoms with Crippen molar-refractivity contribution in [3.8, 4) is 0 Å². The lowest BCUT2D eigenvalue weighted by atomic mass is 9.99. The number of carboxylic acid groups (broad SMARTS) is 1. The predicted octanol–water partition coefficient (Wildman–Crippen LogP) is 2.26. The molecule has 0 unspecified atom stereocenters. The summed E-state index contributed by atoms with van der Waals surface area (Å²) in [5.41, 5.74) is -0.0487. The van der Waals surface area contributed by atoms with Crippen LogP contribution in [-0.2, 0) is 4.79 Å². The maximum atomic E-state index is 12.0. The molecule has 22 heavy (non-hydrogen) atoms. The van der Waals surface area contributed by atoms with Crippen LogP contribution in [0.2, 0.25) is 0 Å². The Labute approximate surface area is 135 Å². The van der Waals surface area contributed by atoms with Gasteiger partial charge in [0.25, 0.3) is 0 Å². The average molecular weight is 370 g/mol. The van der Waals surface area contributed by atoms with Crippen LogP contribution in [0.25, 0.3) is 5.65 Å². The van der Waals surface area contributed by atoms with Crippen LogP contribution in [0.1, 0.15) is 26.7 Å². The topological polar surface area (TPSA) is 109 Å². The fourth-order valence-corrected chi connectivity index (χ4v) is 2.21. The van der Waals surface area contributed by atoms with Crippen molar-refractivity contribution in [1.29, 1.82) is 0 Å². The number of hydrogen-bond acceptors (Lipinski definition) is 4. The summed E-state index contributed by atoms with van der Waals surface area (Å²) >= 11 is 3.34. The molecule has 0 bridgehead atoms. The molecule has 8 nitrogen and oxygen atoms in total. The minimum atomic E-state index is -0.899. The molecule has 0 aliphatic carbocycles. The molecular weight excluding hydrogens is 354 g/mol. The van der Waals surface area contributed by atoms with Gasteiger partial charge < -0.3 is 10.4 Å². The van der Waals surface area contributed by atoms with Crippen molar-refractivity contribution in [2.75, 3.05) is 5.32 Å². The quantitative estimate of drug-likeness (QED) is 0.748. The third kappa shape index (κ3) is 4.17. The molecule has 0 saturated heterocycles. The number of amides is 2. The van der Waals surface area contributed by atoms with Gasteiger partial charge >= 0.3 is 12.0 Å². The van der Waals surface area contributed by atoms with Gasteiger partial charge in [0.15, 0.2) is 5.65 Å². The predicted molar refractivity (Wildman–Crippen MR) is 83.8 cm³/mol. The highest BCUT2D eigenvalue weighted by molar-refractivity contribution is 9.10. The van der Waals surface area contributed by atoms with E-state index in [1.165, 1.54) is 0 Å². The van der Waals surface area contributed by atoms with Crippen LogP contribution >= 0.6 is 15.9 Å². The first-order chi connectivity index (χ1) is 10.3. The normalized spacial score (nSPS) is 11.4. The van der Waals surface area contributed by atoms with Crippen molar-refractivity contribution >= 4 is 39.5 Å². The van der Waals surface area contributed by atoms with Crippen LogP contribution < -0.4 is 10.6 Å². The summed E-state index contributed by atoms with van der Waals surface area (Å²) in [7, 11) is 0. The summed E-state index contributed by atoms with van der Waals surface area (Å²) in [6, 6.07) is 3.12. The summed E-state index contributed by atoms with van der Waals surface area (Å²) in [6.45, 7) is 3.52. The van der Waals surface area contributed by atoms with Crippen molar-refractivity contribution in [3.63, 3.8) is 0 Å². The number of rotatable bonds is 5. The van der Waals surface area contributed by atoms with E-state index in [0.29, 0.717) is 12.1 Å². The van der Waals surface area contributed by atoms with E-state index in [1.807, 2.05) is 6.07 Å². The van der Waals surface area contributed by atoms with Crippen LogP contribution in [0.4, 0.5) is 10.7 Å². The van der Waals surface area contributed by atoms with Crippen LogP contribution in [-0.4, -0.2) is 37.2 Å². The van der Waals surface area contributed by atoms with Crippen LogP contribution in [0.15, 0.2) is 22.8 Å². The molecule has 0 aliphatic heterocycles. The minimum Gasteiger partial charge on any atom is -0.481 e. The molecule has 2 amide bonds. The van der Waals surface area contributed by atoms with Crippen LogP contribution in [0.3, 0.4) is 0 Å². The van der Waals surface area contributed by atoms with Gasteiger partial charge in [-0.25, -0.2) is 4.79 Å². The second-order valence-electron chi connectivity index (χ2n) is 5.46. The highest BCUT2D eigenvalue weighted by Crippen LogP contribution is 2.15. The standard InChI is InChI=1S/C13H16BrN5O3/c1-13(2,6-5-10(20)21)16-12(22)15-11-18-17-9-4-3-8(14)7-19(9)11/h3-4,7H,5-6H2,1-2H3,(H,20,21)(H2,15,16,18,22). The lowest BCUT2D eigenvalue weighted by Gasteiger charge is -2.25. The molecule has 3 N–H and O–H groups in total.